The quantitative estimate of drug-likeness (QED) is 0.177. The molecular formula is C54H35N3. The van der Waals surface area contributed by atoms with Gasteiger partial charge in [-0.25, -0.2) is 0 Å². The monoisotopic (exact) mass is 725 g/mol. The van der Waals surface area contributed by atoms with Gasteiger partial charge >= 0.3 is 0 Å². The Morgan fingerprint density at radius 2 is 0.860 bits per heavy atom. The van der Waals surface area contributed by atoms with E-state index >= 15 is 0 Å². The molecule has 0 atom stereocenters. The SMILES string of the molecule is c1ccc(-c2ccc3c(c2)-c2ccccc2N(c2ccccc2)c2ccccc2-n2c4ccc(-n5c6ccccc6c6ccccc65)cc4c4cccc-3c42)cc1. The van der Waals surface area contributed by atoms with Gasteiger partial charge in [-0.15, -0.1) is 0 Å². The van der Waals surface area contributed by atoms with Crippen LogP contribution in [0.4, 0.5) is 17.1 Å². The third-order valence-corrected chi connectivity index (χ3v) is 11.8. The topological polar surface area (TPSA) is 13.1 Å². The number of anilines is 3. The maximum Gasteiger partial charge on any atom is 0.0703 e. The molecule has 12 rings (SSSR count). The van der Waals surface area contributed by atoms with Crippen LogP contribution in [0.5, 0.6) is 0 Å². The minimum atomic E-state index is 1.10. The van der Waals surface area contributed by atoms with Gasteiger partial charge in [-0.2, -0.15) is 0 Å². The van der Waals surface area contributed by atoms with Crippen molar-refractivity contribution in [3.63, 3.8) is 0 Å². The Morgan fingerprint density at radius 1 is 0.263 bits per heavy atom. The molecule has 0 bridgehead atoms. The lowest BCUT2D eigenvalue weighted by Gasteiger charge is -2.31. The first kappa shape index (κ1) is 31.7. The second kappa shape index (κ2) is 12.5. The lowest BCUT2D eigenvalue weighted by atomic mass is 9.88. The van der Waals surface area contributed by atoms with Crippen molar-refractivity contribution in [1.29, 1.82) is 0 Å². The summed E-state index contributed by atoms with van der Waals surface area (Å²) in [5.74, 6) is 0. The average Bonchev–Trinajstić information content (AvgIpc) is 3.80. The zero-order valence-electron chi connectivity index (χ0n) is 31.0. The standard InChI is InChI=1S/C54H35N3/c1-3-16-36(17-4-1)37-30-32-40-44-23-15-24-45-47-35-39(56-48-25-10-7-20-41(48)42-21-8-11-26-49(42)56)31-33-51(47)57(54(44)45)53-29-14-13-28-52(53)55(38-18-5-2-6-19-38)50-27-12-9-22-43(50)46(40)34-37/h1-35H. The summed E-state index contributed by atoms with van der Waals surface area (Å²) >= 11 is 0. The van der Waals surface area contributed by atoms with Gasteiger partial charge < -0.3 is 14.0 Å². The number of para-hydroxylation sites is 7. The van der Waals surface area contributed by atoms with Crippen LogP contribution in [0, 0.1) is 0 Å². The van der Waals surface area contributed by atoms with E-state index in [0.717, 1.165) is 28.4 Å². The van der Waals surface area contributed by atoms with Gasteiger partial charge in [-0.3, -0.25) is 0 Å². The molecule has 57 heavy (non-hydrogen) atoms. The zero-order valence-corrected chi connectivity index (χ0v) is 31.0. The van der Waals surface area contributed by atoms with Crippen molar-refractivity contribution in [3.8, 4) is 44.8 Å². The highest BCUT2D eigenvalue weighted by molar-refractivity contribution is 6.17. The van der Waals surface area contributed by atoms with Crippen molar-refractivity contribution in [1.82, 2.24) is 9.13 Å². The predicted octanol–water partition coefficient (Wildman–Crippen LogP) is 14.7. The van der Waals surface area contributed by atoms with Crippen LogP contribution in [-0.4, -0.2) is 9.13 Å². The normalized spacial score (nSPS) is 12.2. The van der Waals surface area contributed by atoms with Crippen molar-refractivity contribution < 1.29 is 0 Å². The molecule has 3 heterocycles. The number of fused-ring (bicyclic) bond motifs is 12. The van der Waals surface area contributed by atoms with Gasteiger partial charge in [0, 0.05) is 44.0 Å². The van der Waals surface area contributed by atoms with Crippen molar-refractivity contribution in [2.75, 3.05) is 4.90 Å². The van der Waals surface area contributed by atoms with Gasteiger partial charge in [0.05, 0.1) is 39.1 Å². The molecule has 0 unspecified atom stereocenters. The summed E-state index contributed by atoms with van der Waals surface area (Å²) in [5.41, 5.74) is 17.6. The summed E-state index contributed by atoms with van der Waals surface area (Å²) in [4.78, 5) is 2.45. The number of rotatable bonds is 3. The Hall–Kier alpha value is -7.62. The molecular weight excluding hydrogens is 691 g/mol. The first-order valence-corrected chi connectivity index (χ1v) is 19.6. The van der Waals surface area contributed by atoms with Gasteiger partial charge in [-0.1, -0.05) is 146 Å². The molecule has 1 aliphatic heterocycles. The fraction of sp³-hybridized carbons (Fsp3) is 0. The number of benzene rings is 9. The van der Waals surface area contributed by atoms with Crippen LogP contribution in [0.25, 0.3) is 88.4 Å². The molecule has 11 aromatic rings. The Bertz CT molecular complexity index is 3300. The third kappa shape index (κ3) is 4.73. The summed E-state index contributed by atoms with van der Waals surface area (Å²) in [6, 6.07) is 77.8. The third-order valence-electron chi connectivity index (χ3n) is 11.8. The molecule has 0 fully saturated rings. The lowest BCUT2D eigenvalue weighted by molar-refractivity contribution is 1.14. The summed E-state index contributed by atoms with van der Waals surface area (Å²) in [5, 5.41) is 4.96. The van der Waals surface area contributed by atoms with Gasteiger partial charge in [0.25, 0.3) is 0 Å². The van der Waals surface area contributed by atoms with E-state index in [2.05, 4.69) is 226 Å². The fourth-order valence-electron chi connectivity index (χ4n) is 9.40. The molecule has 0 spiro atoms. The molecule has 3 nitrogen and oxygen atoms in total. The minimum absolute atomic E-state index is 1.10. The van der Waals surface area contributed by atoms with E-state index in [-0.39, 0.29) is 0 Å². The molecule has 0 radical (unpaired) electrons. The van der Waals surface area contributed by atoms with Crippen LogP contribution in [0.2, 0.25) is 0 Å². The lowest BCUT2D eigenvalue weighted by Crippen LogP contribution is -2.15. The van der Waals surface area contributed by atoms with Gasteiger partial charge in [0.1, 0.15) is 0 Å². The van der Waals surface area contributed by atoms with Crippen molar-refractivity contribution >= 4 is 60.7 Å². The maximum atomic E-state index is 2.52. The molecule has 0 aliphatic carbocycles. The van der Waals surface area contributed by atoms with E-state index in [9.17, 15) is 0 Å². The van der Waals surface area contributed by atoms with Gasteiger partial charge in [0.2, 0.25) is 0 Å². The first-order valence-electron chi connectivity index (χ1n) is 19.6. The van der Waals surface area contributed by atoms with E-state index in [1.807, 2.05) is 0 Å². The van der Waals surface area contributed by atoms with E-state index in [1.54, 1.807) is 0 Å². The Balaban J connectivity index is 1.23. The highest BCUT2D eigenvalue weighted by Crippen LogP contribution is 2.50. The second-order valence-electron chi connectivity index (χ2n) is 14.9. The first-order chi connectivity index (χ1) is 28.3. The van der Waals surface area contributed by atoms with Crippen molar-refractivity contribution in [2.24, 2.45) is 0 Å². The Kier molecular flexibility index (Phi) is 6.93. The van der Waals surface area contributed by atoms with Crippen LogP contribution < -0.4 is 4.90 Å². The van der Waals surface area contributed by atoms with E-state index < -0.39 is 0 Å². The molecule has 2 aromatic heterocycles. The molecule has 3 heteroatoms. The highest BCUT2D eigenvalue weighted by atomic mass is 15.2. The maximum absolute atomic E-state index is 2.52. The van der Waals surface area contributed by atoms with E-state index in [1.165, 1.54) is 77.0 Å². The van der Waals surface area contributed by atoms with Crippen LogP contribution in [0.1, 0.15) is 0 Å². The molecule has 1 aliphatic rings. The minimum Gasteiger partial charge on any atom is -0.309 e. The fourth-order valence-corrected chi connectivity index (χ4v) is 9.40. The summed E-state index contributed by atoms with van der Waals surface area (Å²) in [6.45, 7) is 0. The molecule has 0 N–H and O–H groups in total. The summed E-state index contributed by atoms with van der Waals surface area (Å²) < 4.78 is 4.94. The molecule has 266 valence electrons. The highest BCUT2D eigenvalue weighted by Gasteiger charge is 2.27. The molecule has 0 amide bonds. The summed E-state index contributed by atoms with van der Waals surface area (Å²) in [6.07, 6.45) is 0. The van der Waals surface area contributed by atoms with Crippen LogP contribution in [0.3, 0.4) is 0 Å². The van der Waals surface area contributed by atoms with E-state index in [0.29, 0.717) is 0 Å². The predicted molar refractivity (Wildman–Crippen MR) is 240 cm³/mol. The molecule has 9 aromatic carbocycles. The summed E-state index contributed by atoms with van der Waals surface area (Å²) in [7, 11) is 0. The Morgan fingerprint density at radius 3 is 1.63 bits per heavy atom. The zero-order chi connectivity index (χ0) is 37.5. The van der Waals surface area contributed by atoms with Crippen molar-refractivity contribution in [3.05, 3.63) is 212 Å². The number of nitrogens with zero attached hydrogens (tertiary/aromatic N) is 3. The number of aromatic nitrogens is 2. The van der Waals surface area contributed by atoms with Crippen molar-refractivity contribution in [2.45, 2.75) is 0 Å². The van der Waals surface area contributed by atoms with Crippen LogP contribution in [0.15, 0.2) is 212 Å². The van der Waals surface area contributed by atoms with Crippen LogP contribution in [-0.2, 0) is 0 Å². The number of hydrogen-bond acceptors (Lipinski definition) is 1. The van der Waals surface area contributed by atoms with E-state index in [4.69, 9.17) is 0 Å². The molecule has 0 saturated heterocycles. The van der Waals surface area contributed by atoms with Gasteiger partial charge in [-0.05, 0) is 89.0 Å². The second-order valence-corrected chi connectivity index (χ2v) is 14.9. The largest absolute Gasteiger partial charge is 0.309 e. The van der Waals surface area contributed by atoms with Crippen LogP contribution >= 0.6 is 0 Å². The number of hydrogen-bond donors (Lipinski definition) is 0. The Labute approximate surface area is 330 Å². The van der Waals surface area contributed by atoms with Gasteiger partial charge in [0.15, 0.2) is 0 Å². The average molecular weight is 726 g/mol. The smallest absolute Gasteiger partial charge is 0.0703 e. The molecule has 0 saturated carbocycles.